The lowest BCUT2D eigenvalue weighted by atomic mass is 9.80. The van der Waals surface area contributed by atoms with Crippen LogP contribution in [0.25, 0.3) is 0 Å². The summed E-state index contributed by atoms with van der Waals surface area (Å²) in [4.78, 5) is 27.2. The Morgan fingerprint density at radius 2 is 1.85 bits per heavy atom. The first-order valence-electron chi connectivity index (χ1n) is 9.31. The molecule has 1 saturated heterocycles. The second-order valence-electron chi connectivity index (χ2n) is 7.45. The Balaban J connectivity index is 1.59. The van der Waals surface area contributed by atoms with Gasteiger partial charge in [0.2, 0.25) is 11.8 Å². The molecule has 3 rings (SSSR count). The molecule has 2 aromatic rings. The summed E-state index contributed by atoms with van der Waals surface area (Å²) in [7, 11) is 0. The van der Waals surface area contributed by atoms with Crippen molar-refractivity contribution in [2.45, 2.75) is 32.7 Å². The summed E-state index contributed by atoms with van der Waals surface area (Å²) in [5, 5.41) is 2.90. The van der Waals surface area contributed by atoms with E-state index in [9.17, 15) is 14.0 Å². The second kappa shape index (κ2) is 8.33. The number of halogens is 1. The fraction of sp³-hybridized carbons (Fsp3) is 0.364. The Morgan fingerprint density at radius 1 is 1.11 bits per heavy atom. The van der Waals surface area contributed by atoms with Crippen molar-refractivity contribution in [3.05, 3.63) is 71.5 Å². The molecule has 2 aromatic carbocycles. The van der Waals surface area contributed by atoms with Crippen LogP contribution in [0.15, 0.2) is 54.6 Å². The Labute approximate surface area is 159 Å². The number of hydrogen-bond donors (Lipinski definition) is 1. The number of piperidine rings is 1. The molecule has 0 saturated carbocycles. The van der Waals surface area contributed by atoms with Crippen molar-refractivity contribution >= 4 is 11.8 Å². The molecule has 0 unspecified atom stereocenters. The maximum absolute atomic E-state index is 13.3. The van der Waals surface area contributed by atoms with Gasteiger partial charge < -0.3 is 10.2 Å². The molecular formula is C22H25FN2O2. The number of carbonyl (C=O) groups excluding carboxylic acids is 2. The van der Waals surface area contributed by atoms with E-state index in [2.05, 4.69) is 5.32 Å². The minimum absolute atomic E-state index is 0.0463. The van der Waals surface area contributed by atoms with Crippen molar-refractivity contribution in [2.24, 2.45) is 5.41 Å². The molecular weight excluding hydrogens is 343 g/mol. The van der Waals surface area contributed by atoms with Crippen LogP contribution in [0.2, 0.25) is 0 Å². The first-order chi connectivity index (χ1) is 13.0. The van der Waals surface area contributed by atoms with E-state index >= 15 is 0 Å². The van der Waals surface area contributed by atoms with Crippen LogP contribution >= 0.6 is 0 Å². The number of benzene rings is 2. The molecule has 4 nitrogen and oxygen atoms in total. The first kappa shape index (κ1) is 19.1. The minimum atomic E-state index is -0.627. The molecule has 1 heterocycles. The van der Waals surface area contributed by atoms with E-state index in [1.807, 2.05) is 37.3 Å². The van der Waals surface area contributed by atoms with Crippen LogP contribution in [0.1, 0.15) is 30.9 Å². The standard InChI is InChI=1S/C22H25FN2O2/c1-22(21(27)24-15-18-9-5-10-19(23)13-18)11-6-12-25(16-22)20(26)14-17-7-3-2-4-8-17/h2-5,7-10,13H,6,11-12,14-16H2,1H3,(H,24,27)/t22-/m0/s1. The molecule has 1 atom stereocenters. The summed E-state index contributed by atoms with van der Waals surface area (Å²) in [5.74, 6) is -0.364. The molecule has 2 amide bonds. The minimum Gasteiger partial charge on any atom is -0.351 e. The topological polar surface area (TPSA) is 49.4 Å². The van der Waals surface area contributed by atoms with Gasteiger partial charge in [-0.15, -0.1) is 0 Å². The van der Waals surface area contributed by atoms with Crippen LogP contribution in [0, 0.1) is 11.2 Å². The van der Waals surface area contributed by atoms with E-state index in [1.54, 1.807) is 17.0 Å². The lowest BCUT2D eigenvalue weighted by Gasteiger charge is -2.39. The van der Waals surface area contributed by atoms with Crippen LogP contribution in [0.3, 0.4) is 0 Å². The van der Waals surface area contributed by atoms with E-state index in [0.717, 1.165) is 24.0 Å². The Bertz CT molecular complexity index is 809. The SMILES string of the molecule is C[C@]1(C(=O)NCc2cccc(F)c2)CCCN(C(=O)Cc2ccccc2)C1. The van der Waals surface area contributed by atoms with E-state index in [1.165, 1.54) is 12.1 Å². The summed E-state index contributed by atoms with van der Waals surface area (Å²) in [6.07, 6.45) is 1.88. The normalized spacial score (nSPS) is 19.6. The number of nitrogens with one attached hydrogen (secondary N) is 1. The highest BCUT2D eigenvalue weighted by Gasteiger charge is 2.39. The van der Waals surface area contributed by atoms with E-state index in [0.29, 0.717) is 19.5 Å². The van der Waals surface area contributed by atoms with Crippen molar-refractivity contribution in [1.82, 2.24) is 10.2 Å². The van der Waals surface area contributed by atoms with Crippen molar-refractivity contribution in [3.8, 4) is 0 Å². The zero-order valence-electron chi connectivity index (χ0n) is 15.6. The van der Waals surface area contributed by atoms with Gasteiger partial charge >= 0.3 is 0 Å². The maximum Gasteiger partial charge on any atom is 0.227 e. The molecule has 1 fully saturated rings. The molecule has 27 heavy (non-hydrogen) atoms. The predicted molar refractivity (Wildman–Crippen MR) is 102 cm³/mol. The Hall–Kier alpha value is -2.69. The number of rotatable bonds is 5. The Morgan fingerprint density at radius 3 is 2.59 bits per heavy atom. The van der Waals surface area contributed by atoms with Gasteiger partial charge in [-0.05, 0) is 43.0 Å². The van der Waals surface area contributed by atoms with Gasteiger partial charge in [0.05, 0.1) is 11.8 Å². The summed E-state index contributed by atoms with van der Waals surface area (Å²) in [6.45, 7) is 3.27. The van der Waals surface area contributed by atoms with Gasteiger partial charge in [0.25, 0.3) is 0 Å². The third-order valence-electron chi connectivity index (χ3n) is 5.14. The molecule has 1 aliphatic heterocycles. The van der Waals surface area contributed by atoms with Crippen LogP contribution in [-0.4, -0.2) is 29.8 Å². The zero-order valence-corrected chi connectivity index (χ0v) is 15.6. The van der Waals surface area contributed by atoms with Gasteiger partial charge in [-0.2, -0.15) is 0 Å². The van der Waals surface area contributed by atoms with Crippen molar-refractivity contribution in [1.29, 1.82) is 0 Å². The molecule has 0 radical (unpaired) electrons. The Kier molecular flexibility index (Phi) is 5.89. The van der Waals surface area contributed by atoms with Gasteiger partial charge in [-0.3, -0.25) is 9.59 Å². The quantitative estimate of drug-likeness (QED) is 0.880. The molecule has 0 aromatic heterocycles. The van der Waals surface area contributed by atoms with E-state index in [4.69, 9.17) is 0 Å². The monoisotopic (exact) mass is 368 g/mol. The van der Waals surface area contributed by atoms with Gasteiger partial charge in [0.15, 0.2) is 0 Å². The number of hydrogen-bond acceptors (Lipinski definition) is 2. The largest absolute Gasteiger partial charge is 0.351 e. The van der Waals surface area contributed by atoms with Crippen LogP contribution < -0.4 is 5.32 Å². The van der Waals surface area contributed by atoms with E-state index < -0.39 is 5.41 Å². The van der Waals surface area contributed by atoms with E-state index in [-0.39, 0.29) is 24.2 Å². The van der Waals surface area contributed by atoms with Gasteiger partial charge in [-0.25, -0.2) is 4.39 Å². The third-order valence-corrected chi connectivity index (χ3v) is 5.14. The van der Waals surface area contributed by atoms with Crippen molar-refractivity contribution in [2.75, 3.05) is 13.1 Å². The summed E-state index contributed by atoms with van der Waals surface area (Å²) in [6, 6.07) is 15.8. The number of carbonyl (C=O) groups is 2. The lowest BCUT2D eigenvalue weighted by molar-refractivity contribution is -0.140. The molecule has 1 aliphatic rings. The zero-order chi connectivity index (χ0) is 19.3. The average molecular weight is 368 g/mol. The highest BCUT2D eigenvalue weighted by atomic mass is 19.1. The maximum atomic E-state index is 13.3. The van der Waals surface area contributed by atoms with Crippen molar-refractivity contribution in [3.63, 3.8) is 0 Å². The van der Waals surface area contributed by atoms with Crippen LogP contribution in [0.5, 0.6) is 0 Å². The molecule has 1 N–H and O–H groups in total. The smallest absolute Gasteiger partial charge is 0.227 e. The fourth-order valence-corrected chi connectivity index (χ4v) is 3.56. The average Bonchev–Trinajstić information content (AvgIpc) is 2.67. The molecule has 0 spiro atoms. The van der Waals surface area contributed by atoms with Gasteiger partial charge in [0, 0.05) is 19.6 Å². The highest BCUT2D eigenvalue weighted by Crippen LogP contribution is 2.30. The summed E-state index contributed by atoms with van der Waals surface area (Å²) in [5.41, 5.74) is 1.07. The number of nitrogens with zero attached hydrogens (tertiary/aromatic N) is 1. The van der Waals surface area contributed by atoms with Gasteiger partial charge in [0.1, 0.15) is 5.82 Å². The molecule has 142 valence electrons. The molecule has 0 aliphatic carbocycles. The third kappa shape index (κ3) is 4.94. The first-order valence-corrected chi connectivity index (χ1v) is 9.31. The lowest BCUT2D eigenvalue weighted by Crippen LogP contribution is -2.52. The molecule has 0 bridgehead atoms. The predicted octanol–water partition coefficient (Wildman–Crippen LogP) is 3.31. The fourth-order valence-electron chi connectivity index (χ4n) is 3.56. The second-order valence-corrected chi connectivity index (χ2v) is 7.45. The molecule has 5 heteroatoms. The number of amides is 2. The summed E-state index contributed by atoms with van der Waals surface area (Å²) >= 11 is 0. The van der Waals surface area contributed by atoms with Crippen LogP contribution in [-0.2, 0) is 22.6 Å². The van der Waals surface area contributed by atoms with Crippen LogP contribution in [0.4, 0.5) is 4.39 Å². The summed E-state index contributed by atoms with van der Waals surface area (Å²) < 4.78 is 13.3. The van der Waals surface area contributed by atoms with Crippen molar-refractivity contribution < 1.29 is 14.0 Å². The number of likely N-dealkylation sites (tertiary alicyclic amines) is 1. The van der Waals surface area contributed by atoms with Gasteiger partial charge in [-0.1, -0.05) is 42.5 Å². The highest BCUT2D eigenvalue weighted by molar-refractivity contribution is 5.84.